The molecule has 0 amide bonds. The van der Waals surface area contributed by atoms with E-state index in [9.17, 15) is 14.4 Å². The van der Waals surface area contributed by atoms with Crippen LogP contribution in [0.25, 0.3) is 10.8 Å². The van der Waals surface area contributed by atoms with Gasteiger partial charge in [0, 0.05) is 16.7 Å². The van der Waals surface area contributed by atoms with Crippen LogP contribution in [0.15, 0.2) is 60.0 Å². The van der Waals surface area contributed by atoms with Gasteiger partial charge in [-0.1, -0.05) is 42.5 Å². The lowest BCUT2D eigenvalue weighted by atomic mass is 9.96. The number of carboxylic acid groups (broad SMARTS) is 3. The van der Waals surface area contributed by atoms with Gasteiger partial charge in [-0.05, 0) is 36.5 Å². The third-order valence-electron chi connectivity index (χ3n) is 4.82. The van der Waals surface area contributed by atoms with Gasteiger partial charge in [-0.25, -0.2) is 4.79 Å². The molecule has 0 radical (unpaired) electrons. The first-order valence-corrected chi connectivity index (χ1v) is 11.3. The van der Waals surface area contributed by atoms with Crippen LogP contribution in [0.2, 0.25) is 0 Å². The Kier molecular flexibility index (Phi) is 9.99. The average Bonchev–Trinajstić information content (AvgIpc) is 3.31. The number of fused-ring (bicyclic) bond motifs is 1. The van der Waals surface area contributed by atoms with Crippen molar-refractivity contribution in [2.24, 2.45) is 0 Å². The Morgan fingerprint density at radius 3 is 2.18 bits per heavy atom. The van der Waals surface area contributed by atoms with Crippen molar-refractivity contribution in [3.63, 3.8) is 0 Å². The van der Waals surface area contributed by atoms with E-state index in [0.717, 1.165) is 18.7 Å². The number of aliphatic hydroxyl groups is 1. The van der Waals surface area contributed by atoms with Gasteiger partial charge in [0.2, 0.25) is 0 Å². The van der Waals surface area contributed by atoms with E-state index in [1.807, 2.05) is 7.05 Å². The summed E-state index contributed by atoms with van der Waals surface area (Å²) in [5, 5.41) is 41.5. The monoisotopic (exact) mass is 489 g/mol. The van der Waals surface area contributed by atoms with Gasteiger partial charge in [0.1, 0.15) is 11.9 Å². The first-order valence-electron chi connectivity index (χ1n) is 10.4. The van der Waals surface area contributed by atoms with Crippen molar-refractivity contribution in [2.75, 3.05) is 13.6 Å². The van der Waals surface area contributed by atoms with Crippen LogP contribution in [0.1, 0.15) is 30.2 Å². The molecule has 3 aromatic rings. The maximum Gasteiger partial charge on any atom is 0.336 e. The zero-order valence-electron chi connectivity index (χ0n) is 18.5. The maximum absolute atomic E-state index is 10.3. The molecule has 1 aromatic heterocycles. The zero-order chi connectivity index (χ0) is 25.1. The van der Waals surface area contributed by atoms with Crippen LogP contribution in [-0.4, -0.2) is 57.5 Å². The standard InChI is InChI=1S/C18H19NOS.C6H8O7/c1-19-12-11-17(18-10-5-13-21-18)20-16-9-4-7-14-6-2-3-8-15(14)16;7-3(8)1-6(13,5(11)12)2-4(9)10/h2-10,13,17,19H,11-12H2,1H3;13H,1-2H2,(H,7,8)(H,9,10)(H,11,12). The topological polar surface area (TPSA) is 153 Å². The Bertz CT molecular complexity index is 1080. The fourth-order valence-corrected chi connectivity index (χ4v) is 3.96. The highest BCUT2D eigenvalue weighted by molar-refractivity contribution is 7.10. The fraction of sp³-hybridized carbons (Fsp3) is 0.292. The number of thiophene rings is 1. The number of nitrogens with one attached hydrogen (secondary N) is 1. The number of carboxylic acids is 3. The average molecular weight is 490 g/mol. The van der Waals surface area contributed by atoms with Crippen molar-refractivity contribution >= 4 is 40.0 Å². The summed E-state index contributed by atoms with van der Waals surface area (Å²) in [5.74, 6) is -4.06. The Hall–Kier alpha value is -3.47. The van der Waals surface area contributed by atoms with Crippen molar-refractivity contribution in [3.05, 3.63) is 64.9 Å². The lowest BCUT2D eigenvalue weighted by Gasteiger charge is -2.19. The molecular weight excluding hydrogens is 462 g/mol. The van der Waals surface area contributed by atoms with Crippen LogP contribution in [0.3, 0.4) is 0 Å². The summed E-state index contributed by atoms with van der Waals surface area (Å²) in [5.41, 5.74) is -2.74. The molecule has 1 unspecified atom stereocenters. The van der Waals surface area contributed by atoms with Gasteiger partial charge in [0.05, 0.1) is 12.8 Å². The lowest BCUT2D eigenvalue weighted by Crippen LogP contribution is -2.42. The Morgan fingerprint density at radius 1 is 0.971 bits per heavy atom. The second kappa shape index (κ2) is 12.7. The molecule has 182 valence electrons. The molecule has 0 aliphatic heterocycles. The molecule has 34 heavy (non-hydrogen) atoms. The van der Waals surface area contributed by atoms with Crippen LogP contribution in [-0.2, 0) is 14.4 Å². The number of ether oxygens (including phenoxy) is 1. The summed E-state index contributed by atoms with van der Waals surface area (Å²) < 4.78 is 6.34. The molecule has 0 aliphatic rings. The van der Waals surface area contributed by atoms with Gasteiger partial charge in [0.25, 0.3) is 0 Å². The van der Waals surface area contributed by atoms with Crippen molar-refractivity contribution in [1.29, 1.82) is 0 Å². The minimum atomic E-state index is -2.74. The molecule has 1 heterocycles. The summed E-state index contributed by atoms with van der Waals surface area (Å²) in [6.45, 7) is 0.938. The molecule has 0 fully saturated rings. The molecule has 1 atom stereocenters. The zero-order valence-corrected chi connectivity index (χ0v) is 19.3. The Balaban J connectivity index is 0.000000273. The molecule has 0 saturated carbocycles. The third kappa shape index (κ3) is 7.84. The largest absolute Gasteiger partial charge is 0.484 e. The molecule has 0 saturated heterocycles. The highest BCUT2D eigenvalue weighted by Crippen LogP contribution is 2.32. The van der Waals surface area contributed by atoms with Gasteiger partial charge in [-0.2, -0.15) is 0 Å². The van der Waals surface area contributed by atoms with E-state index in [4.69, 9.17) is 25.2 Å². The quantitative estimate of drug-likeness (QED) is 0.273. The summed E-state index contributed by atoms with van der Waals surface area (Å²) in [7, 11) is 1.98. The van der Waals surface area contributed by atoms with Crippen LogP contribution >= 0.6 is 11.3 Å². The summed E-state index contributed by atoms with van der Waals surface area (Å²) >= 11 is 1.75. The third-order valence-corrected chi connectivity index (χ3v) is 5.79. The minimum absolute atomic E-state index is 0.100. The predicted octanol–water partition coefficient (Wildman–Crippen LogP) is 3.38. The number of carbonyl (C=O) groups is 3. The molecule has 3 rings (SSSR count). The SMILES string of the molecule is CNCCC(Oc1cccc2ccccc12)c1cccs1.O=C(O)CC(O)(CC(=O)O)C(=O)O. The summed E-state index contributed by atoms with van der Waals surface area (Å²) in [4.78, 5) is 31.8. The predicted molar refractivity (Wildman–Crippen MR) is 127 cm³/mol. The van der Waals surface area contributed by atoms with Crippen LogP contribution in [0.4, 0.5) is 0 Å². The summed E-state index contributed by atoms with van der Waals surface area (Å²) in [6, 6.07) is 18.8. The molecular formula is C24H27NO8S. The molecule has 5 N–H and O–H groups in total. The number of hydrogen-bond donors (Lipinski definition) is 5. The normalized spacial score (nSPS) is 11.8. The van der Waals surface area contributed by atoms with Gasteiger partial charge >= 0.3 is 17.9 Å². The Labute approximate surface area is 200 Å². The van der Waals surface area contributed by atoms with Gasteiger partial charge in [-0.3, -0.25) is 9.59 Å². The van der Waals surface area contributed by atoms with E-state index in [0.29, 0.717) is 0 Å². The van der Waals surface area contributed by atoms with E-state index in [-0.39, 0.29) is 6.10 Å². The molecule has 0 spiro atoms. The van der Waals surface area contributed by atoms with Crippen molar-refractivity contribution in [2.45, 2.75) is 31.0 Å². The molecule has 2 aromatic carbocycles. The molecule has 9 nitrogen and oxygen atoms in total. The number of hydrogen-bond acceptors (Lipinski definition) is 7. The first kappa shape index (κ1) is 26.8. The van der Waals surface area contributed by atoms with Crippen molar-refractivity contribution < 1.29 is 39.5 Å². The highest BCUT2D eigenvalue weighted by atomic mass is 32.1. The first-order chi connectivity index (χ1) is 16.2. The highest BCUT2D eigenvalue weighted by Gasteiger charge is 2.40. The fourth-order valence-electron chi connectivity index (χ4n) is 3.17. The number of aliphatic carboxylic acids is 3. The van der Waals surface area contributed by atoms with Gasteiger partial charge in [-0.15, -0.1) is 11.3 Å². The smallest absolute Gasteiger partial charge is 0.336 e. The molecule has 10 heteroatoms. The van der Waals surface area contributed by atoms with Crippen molar-refractivity contribution in [3.8, 4) is 5.75 Å². The van der Waals surface area contributed by atoms with Gasteiger partial charge < -0.3 is 30.5 Å². The van der Waals surface area contributed by atoms with E-state index in [1.54, 1.807) is 11.3 Å². The number of rotatable bonds is 11. The van der Waals surface area contributed by atoms with E-state index in [2.05, 4.69) is 65.3 Å². The second-order valence-corrected chi connectivity index (χ2v) is 8.45. The molecule has 0 bridgehead atoms. The van der Waals surface area contributed by atoms with Crippen molar-refractivity contribution in [1.82, 2.24) is 5.32 Å². The second-order valence-electron chi connectivity index (χ2n) is 7.47. The van der Waals surface area contributed by atoms with E-state index >= 15 is 0 Å². The van der Waals surface area contributed by atoms with Crippen LogP contribution in [0, 0.1) is 0 Å². The Morgan fingerprint density at radius 2 is 1.62 bits per heavy atom. The van der Waals surface area contributed by atoms with E-state index < -0.39 is 36.4 Å². The van der Waals surface area contributed by atoms with Gasteiger partial charge in [0.15, 0.2) is 5.60 Å². The lowest BCUT2D eigenvalue weighted by molar-refractivity contribution is -0.170. The van der Waals surface area contributed by atoms with E-state index in [1.165, 1.54) is 15.6 Å². The maximum atomic E-state index is 10.3. The minimum Gasteiger partial charge on any atom is -0.484 e. The molecule has 0 aliphatic carbocycles. The summed E-state index contributed by atoms with van der Waals surface area (Å²) in [6.07, 6.45) is -1.23. The number of benzene rings is 2. The van der Waals surface area contributed by atoms with Crippen LogP contribution < -0.4 is 10.1 Å². The van der Waals surface area contributed by atoms with Crippen LogP contribution in [0.5, 0.6) is 5.75 Å².